The third kappa shape index (κ3) is 5.73. The van der Waals surface area contributed by atoms with E-state index >= 15 is 0 Å². The van der Waals surface area contributed by atoms with Gasteiger partial charge in [-0.2, -0.15) is 0 Å². The van der Waals surface area contributed by atoms with Crippen LogP contribution in [0.25, 0.3) is 0 Å². The van der Waals surface area contributed by atoms with Gasteiger partial charge >= 0.3 is 0 Å². The van der Waals surface area contributed by atoms with Gasteiger partial charge in [-0.3, -0.25) is 9.59 Å². The number of carbonyl (C=O) groups excluding carboxylic acids is 2. The Morgan fingerprint density at radius 1 is 1.43 bits per heavy atom. The molecule has 0 saturated heterocycles. The molecule has 0 aliphatic rings. The summed E-state index contributed by atoms with van der Waals surface area (Å²) in [7, 11) is 3.23. The van der Waals surface area contributed by atoms with E-state index in [1.165, 1.54) is 4.90 Å². The quantitative estimate of drug-likeness (QED) is 0.704. The lowest BCUT2D eigenvalue weighted by atomic mass is 10.1. The second kappa shape index (κ2) is 9.37. The van der Waals surface area contributed by atoms with Gasteiger partial charge in [0, 0.05) is 31.6 Å². The predicted octanol–water partition coefficient (Wildman–Crippen LogP) is 1.66. The molecule has 1 rings (SSSR count). The number of carbonyl (C=O) groups is 2. The van der Waals surface area contributed by atoms with Gasteiger partial charge in [-0.15, -0.1) is 0 Å². The molecule has 3 N–H and O–H groups in total. The van der Waals surface area contributed by atoms with Crippen molar-refractivity contribution in [2.45, 2.75) is 25.8 Å². The van der Waals surface area contributed by atoms with Crippen LogP contribution in [-0.4, -0.2) is 50.0 Å². The largest absolute Gasteiger partial charge is 0.493 e. The van der Waals surface area contributed by atoms with Crippen LogP contribution >= 0.6 is 11.6 Å². The highest BCUT2D eigenvalue weighted by Gasteiger charge is 2.22. The van der Waals surface area contributed by atoms with Crippen LogP contribution in [0.15, 0.2) is 18.2 Å². The van der Waals surface area contributed by atoms with Gasteiger partial charge in [0.25, 0.3) is 5.91 Å². The van der Waals surface area contributed by atoms with Crippen LogP contribution in [0.5, 0.6) is 5.75 Å². The van der Waals surface area contributed by atoms with Crippen molar-refractivity contribution in [2.24, 2.45) is 5.73 Å². The van der Waals surface area contributed by atoms with Crippen LogP contribution in [0.1, 0.15) is 30.1 Å². The summed E-state index contributed by atoms with van der Waals surface area (Å²) in [4.78, 5) is 25.7. The fraction of sp³-hybridized carbons (Fsp3) is 0.500. The molecule has 23 heavy (non-hydrogen) atoms. The molecule has 0 fully saturated rings. The Bertz CT molecular complexity index is 551. The second-order valence-corrected chi connectivity index (χ2v) is 5.71. The van der Waals surface area contributed by atoms with E-state index in [9.17, 15) is 9.59 Å². The molecule has 0 radical (unpaired) electrons. The molecule has 1 aromatic rings. The highest BCUT2D eigenvalue weighted by molar-refractivity contribution is 6.30. The fourth-order valence-electron chi connectivity index (χ4n) is 1.96. The third-order valence-corrected chi connectivity index (χ3v) is 3.76. The minimum atomic E-state index is -0.241. The van der Waals surface area contributed by atoms with Gasteiger partial charge in [0.15, 0.2) is 0 Å². The van der Waals surface area contributed by atoms with Crippen molar-refractivity contribution in [1.82, 2.24) is 10.2 Å². The first-order valence-electron chi connectivity index (χ1n) is 7.50. The van der Waals surface area contributed by atoms with Gasteiger partial charge in [0.1, 0.15) is 5.75 Å². The zero-order chi connectivity index (χ0) is 17.4. The SMILES string of the molecule is CNC(=O)CC(C)N(C)C(=O)c1ccc(Cl)cc1OCCCN. The Labute approximate surface area is 141 Å². The molecular formula is C16H24ClN3O3. The molecule has 0 aromatic heterocycles. The zero-order valence-corrected chi connectivity index (χ0v) is 14.5. The molecule has 0 saturated carbocycles. The highest BCUT2D eigenvalue weighted by Crippen LogP contribution is 2.25. The van der Waals surface area contributed by atoms with Crippen molar-refractivity contribution in [2.75, 3.05) is 27.2 Å². The van der Waals surface area contributed by atoms with Gasteiger partial charge in [-0.05, 0) is 38.1 Å². The summed E-state index contributed by atoms with van der Waals surface area (Å²) in [6.07, 6.45) is 0.915. The van der Waals surface area contributed by atoms with Gasteiger partial charge in [-0.1, -0.05) is 11.6 Å². The zero-order valence-electron chi connectivity index (χ0n) is 13.8. The maximum absolute atomic E-state index is 12.7. The number of hydrogen-bond acceptors (Lipinski definition) is 4. The molecule has 0 heterocycles. The number of nitrogens with one attached hydrogen (secondary N) is 1. The Morgan fingerprint density at radius 3 is 2.74 bits per heavy atom. The Balaban J connectivity index is 2.90. The smallest absolute Gasteiger partial charge is 0.257 e. The van der Waals surface area contributed by atoms with Crippen molar-refractivity contribution >= 4 is 23.4 Å². The third-order valence-electron chi connectivity index (χ3n) is 3.52. The second-order valence-electron chi connectivity index (χ2n) is 5.27. The number of halogens is 1. The van der Waals surface area contributed by atoms with Crippen LogP contribution in [0.3, 0.4) is 0 Å². The molecular weight excluding hydrogens is 318 g/mol. The first kappa shape index (κ1) is 19.3. The number of ether oxygens (including phenoxy) is 1. The van der Waals surface area contributed by atoms with Crippen molar-refractivity contribution in [3.63, 3.8) is 0 Å². The fourth-order valence-corrected chi connectivity index (χ4v) is 2.12. The summed E-state index contributed by atoms with van der Waals surface area (Å²) in [6, 6.07) is 4.64. The molecule has 1 unspecified atom stereocenters. The first-order valence-corrected chi connectivity index (χ1v) is 7.88. The van der Waals surface area contributed by atoms with E-state index in [1.54, 1.807) is 32.3 Å². The van der Waals surface area contributed by atoms with E-state index in [0.29, 0.717) is 35.9 Å². The van der Waals surface area contributed by atoms with Crippen LogP contribution < -0.4 is 15.8 Å². The minimum Gasteiger partial charge on any atom is -0.493 e. The van der Waals surface area contributed by atoms with E-state index in [-0.39, 0.29) is 24.3 Å². The van der Waals surface area contributed by atoms with Crippen LogP contribution in [0.2, 0.25) is 5.02 Å². The summed E-state index contributed by atoms with van der Waals surface area (Å²) in [5, 5.41) is 3.04. The van der Waals surface area contributed by atoms with Gasteiger partial charge in [0.2, 0.25) is 5.91 Å². The Morgan fingerprint density at radius 2 is 2.13 bits per heavy atom. The molecule has 128 valence electrons. The summed E-state index contributed by atoms with van der Waals surface area (Å²) in [5.74, 6) is 0.0865. The lowest BCUT2D eigenvalue weighted by Crippen LogP contribution is -2.38. The molecule has 1 atom stereocenters. The number of hydrogen-bond donors (Lipinski definition) is 2. The molecule has 0 aliphatic carbocycles. The number of amides is 2. The summed E-state index contributed by atoms with van der Waals surface area (Å²) >= 11 is 5.98. The van der Waals surface area contributed by atoms with Gasteiger partial charge in [-0.25, -0.2) is 0 Å². The maximum Gasteiger partial charge on any atom is 0.257 e. The first-order chi connectivity index (χ1) is 10.9. The van der Waals surface area contributed by atoms with Gasteiger partial charge < -0.3 is 20.7 Å². The number of nitrogens with zero attached hydrogens (tertiary/aromatic N) is 1. The maximum atomic E-state index is 12.7. The van der Waals surface area contributed by atoms with E-state index in [0.717, 1.165) is 0 Å². The van der Waals surface area contributed by atoms with Crippen molar-refractivity contribution < 1.29 is 14.3 Å². The molecule has 0 aliphatic heterocycles. The van der Waals surface area contributed by atoms with E-state index in [2.05, 4.69) is 5.32 Å². The van der Waals surface area contributed by atoms with E-state index in [4.69, 9.17) is 22.1 Å². The van der Waals surface area contributed by atoms with Gasteiger partial charge in [0.05, 0.1) is 12.2 Å². The lowest BCUT2D eigenvalue weighted by Gasteiger charge is -2.25. The minimum absolute atomic E-state index is 0.118. The van der Waals surface area contributed by atoms with Crippen molar-refractivity contribution in [3.05, 3.63) is 28.8 Å². The number of benzene rings is 1. The predicted molar refractivity (Wildman–Crippen MR) is 90.9 cm³/mol. The number of rotatable bonds is 8. The van der Waals surface area contributed by atoms with E-state index in [1.807, 2.05) is 6.92 Å². The monoisotopic (exact) mass is 341 g/mol. The van der Waals surface area contributed by atoms with Crippen LogP contribution in [0.4, 0.5) is 0 Å². The summed E-state index contributed by atoms with van der Waals surface area (Å²) in [6.45, 7) is 2.74. The van der Waals surface area contributed by atoms with Crippen LogP contribution in [-0.2, 0) is 4.79 Å². The molecule has 0 bridgehead atoms. The normalized spacial score (nSPS) is 11.7. The molecule has 0 spiro atoms. The van der Waals surface area contributed by atoms with Crippen molar-refractivity contribution in [1.29, 1.82) is 0 Å². The van der Waals surface area contributed by atoms with Crippen molar-refractivity contribution in [3.8, 4) is 5.75 Å². The molecule has 6 nitrogen and oxygen atoms in total. The highest BCUT2D eigenvalue weighted by atomic mass is 35.5. The number of nitrogens with two attached hydrogens (primary N) is 1. The molecule has 1 aromatic carbocycles. The van der Waals surface area contributed by atoms with Crippen LogP contribution in [0, 0.1) is 0 Å². The Kier molecular flexibility index (Phi) is 7.85. The summed E-state index contributed by atoms with van der Waals surface area (Å²) < 4.78 is 5.62. The topological polar surface area (TPSA) is 84.7 Å². The molecule has 7 heteroatoms. The summed E-state index contributed by atoms with van der Waals surface area (Å²) in [5.41, 5.74) is 5.86. The average molecular weight is 342 g/mol. The molecule has 2 amide bonds. The average Bonchev–Trinajstić information content (AvgIpc) is 2.53. The van der Waals surface area contributed by atoms with E-state index < -0.39 is 0 Å². The Hall–Kier alpha value is -1.79. The lowest BCUT2D eigenvalue weighted by molar-refractivity contribution is -0.121. The standard InChI is InChI=1S/C16H24ClN3O3/c1-11(9-15(21)19-2)20(3)16(22)13-6-5-12(17)10-14(13)23-8-4-7-18/h5-6,10-11H,4,7-9,18H2,1-3H3,(H,19,21).